The molecule has 0 bridgehead atoms. The third-order valence-electron chi connectivity index (χ3n) is 5.40. The van der Waals surface area contributed by atoms with Gasteiger partial charge in [0.15, 0.2) is 5.69 Å². The van der Waals surface area contributed by atoms with Gasteiger partial charge in [-0.1, -0.05) is 24.4 Å². The summed E-state index contributed by atoms with van der Waals surface area (Å²) in [5, 5.41) is 3.35. The highest BCUT2D eigenvalue weighted by Crippen LogP contribution is 2.33. The largest absolute Gasteiger partial charge is 0.349 e. The Labute approximate surface area is 148 Å². The molecule has 1 amide bonds. The maximum absolute atomic E-state index is 12.6. The van der Waals surface area contributed by atoms with E-state index in [2.05, 4.69) is 39.2 Å². The number of nitrogens with one attached hydrogen (secondary N) is 1. The number of halogens is 1. The summed E-state index contributed by atoms with van der Waals surface area (Å²) in [5.41, 5.74) is 0.327. The Hall–Kier alpha value is -1.40. The van der Waals surface area contributed by atoms with Crippen LogP contribution >= 0.6 is 11.6 Å². The number of rotatable bonds is 5. The van der Waals surface area contributed by atoms with E-state index < -0.39 is 0 Å². The molecule has 6 nitrogen and oxygen atoms in total. The quantitative estimate of drug-likeness (QED) is 0.882. The van der Waals surface area contributed by atoms with Crippen LogP contribution in [-0.2, 0) is 0 Å². The summed E-state index contributed by atoms with van der Waals surface area (Å²) in [6.07, 6.45) is 8.45. The lowest BCUT2D eigenvalue weighted by molar-refractivity contribution is 0.0895. The van der Waals surface area contributed by atoms with Crippen molar-refractivity contribution in [3.05, 3.63) is 16.9 Å². The molecule has 0 spiro atoms. The van der Waals surface area contributed by atoms with Gasteiger partial charge in [0.05, 0.1) is 11.2 Å². The third kappa shape index (κ3) is 3.49. The van der Waals surface area contributed by atoms with Crippen LogP contribution in [0.4, 0.5) is 5.95 Å². The Bertz CT molecular complexity index is 595. The number of hydrogen-bond acceptors (Lipinski definition) is 5. The molecule has 0 atom stereocenters. The van der Waals surface area contributed by atoms with E-state index in [0.29, 0.717) is 17.5 Å². The molecule has 3 rings (SSSR count). The molecule has 0 unspecified atom stereocenters. The fourth-order valence-electron chi connectivity index (χ4n) is 3.73. The molecule has 1 saturated heterocycles. The second-order valence-electron chi connectivity index (χ2n) is 7.07. The molecule has 1 aromatic rings. The van der Waals surface area contributed by atoms with Gasteiger partial charge in [-0.15, -0.1) is 0 Å². The second kappa shape index (κ2) is 7.23. The van der Waals surface area contributed by atoms with E-state index in [1.807, 2.05) is 0 Å². The van der Waals surface area contributed by atoms with Crippen molar-refractivity contribution in [2.45, 2.75) is 44.1 Å². The van der Waals surface area contributed by atoms with Crippen LogP contribution in [0, 0.1) is 0 Å². The molecule has 1 aliphatic heterocycles. The van der Waals surface area contributed by atoms with Crippen molar-refractivity contribution in [1.29, 1.82) is 0 Å². The number of anilines is 1. The Balaban J connectivity index is 1.71. The fourth-order valence-corrected chi connectivity index (χ4v) is 3.91. The van der Waals surface area contributed by atoms with E-state index in [1.165, 1.54) is 19.0 Å². The van der Waals surface area contributed by atoms with Crippen LogP contribution in [-0.4, -0.2) is 60.0 Å². The summed E-state index contributed by atoms with van der Waals surface area (Å²) >= 11 is 6.18. The predicted octanol–water partition coefficient (Wildman–Crippen LogP) is 2.33. The van der Waals surface area contributed by atoms with Crippen LogP contribution in [0.3, 0.4) is 0 Å². The topological polar surface area (TPSA) is 61.4 Å². The maximum Gasteiger partial charge on any atom is 0.271 e. The number of nitrogens with zero attached hydrogens (tertiary/aromatic N) is 4. The van der Waals surface area contributed by atoms with Gasteiger partial charge in [0.2, 0.25) is 5.95 Å². The number of hydrogen-bond donors (Lipinski definition) is 1. The van der Waals surface area contributed by atoms with Crippen LogP contribution in [0.2, 0.25) is 5.02 Å². The zero-order valence-electron chi connectivity index (χ0n) is 14.5. The van der Waals surface area contributed by atoms with Crippen LogP contribution in [0.5, 0.6) is 0 Å². The lowest BCUT2D eigenvalue weighted by Crippen LogP contribution is -2.51. The van der Waals surface area contributed by atoms with Crippen molar-refractivity contribution in [2.24, 2.45) is 0 Å². The molecule has 1 aliphatic carbocycles. The van der Waals surface area contributed by atoms with Crippen LogP contribution in [0.25, 0.3) is 0 Å². The lowest BCUT2D eigenvalue weighted by Gasteiger charge is -2.36. The minimum Gasteiger partial charge on any atom is -0.349 e. The summed E-state index contributed by atoms with van der Waals surface area (Å²) in [6.45, 7) is 2.50. The number of amides is 1. The summed E-state index contributed by atoms with van der Waals surface area (Å²) in [4.78, 5) is 25.7. The molecular formula is C17H26ClN5O. The summed E-state index contributed by atoms with van der Waals surface area (Å²) < 4.78 is 0. The first-order valence-corrected chi connectivity index (χ1v) is 9.13. The summed E-state index contributed by atoms with van der Waals surface area (Å²) in [5.74, 6) is 0.390. The van der Waals surface area contributed by atoms with E-state index in [9.17, 15) is 4.79 Å². The minimum absolute atomic E-state index is 0.0486. The average Bonchev–Trinajstić information content (AvgIpc) is 3.25. The smallest absolute Gasteiger partial charge is 0.271 e. The number of carbonyl (C=O) groups is 1. The standard InChI is InChI=1S/C17H26ClN5O/c1-22(2)17(7-3-4-8-17)12-20-15(24)14-13(18)11-19-16(21-14)23-9-5-6-10-23/h11H,3-10,12H2,1-2H3,(H,20,24). The fraction of sp³-hybridized carbons (Fsp3) is 0.706. The minimum atomic E-state index is -0.212. The highest BCUT2D eigenvalue weighted by Gasteiger charge is 2.36. The molecule has 2 heterocycles. The lowest BCUT2D eigenvalue weighted by atomic mass is 9.96. The molecule has 1 saturated carbocycles. The molecular weight excluding hydrogens is 326 g/mol. The zero-order chi connectivity index (χ0) is 17.2. The van der Waals surface area contributed by atoms with Gasteiger partial charge in [0.1, 0.15) is 0 Å². The Morgan fingerprint density at radius 2 is 1.96 bits per heavy atom. The summed E-state index contributed by atoms with van der Waals surface area (Å²) in [7, 11) is 4.17. The molecule has 7 heteroatoms. The van der Waals surface area contributed by atoms with Gasteiger partial charge in [-0.2, -0.15) is 0 Å². The first-order valence-electron chi connectivity index (χ1n) is 8.75. The number of likely N-dealkylation sites (N-methyl/N-ethyl adjacent to an activating group) is 1. The van der Waals surface area contributed by atoms with Gasteiger partial charge >= 0.3 is 0 Å². The predicted molar refractivity (Wildman–Crippen MR) is 95.7 cm³/mol. The van der Waals surface area contributed by atoms with Gasteiger partial charge < -0.3 is 15.1 Å². The molecule has 132 valence electrons. The second-order valence-corrected chi connectivity index (χ2v) is 7.48. The van der Waals surface area contributed by atoms with Crippen molar-refractivity contribution in [3.8, 4) is 0 Å². The SMILES string of the molecule is CN(C)C1(CNC(=O)c2nc(N3CCCC3)ncc2Cl)CCCC1. The molecule has 24 heavy (non-hydrogen) atoms. The Kier molecular flexibility index (Phi) is 5.25. The van der Waals surface area contributed by atoms with Crippen molar-refractivity contribution >= 4 is 23.5 Å². The molecule has 0 aromatic carbocycles. The van der Waals surface area contributed by atoms with Crippen molar-refractivity contribution in [1.82, 2.24) is 20.2 Å². The van der Waals surface area contributed by atoms with Gasteiger partial charge in [-0.25, -0.2) is 9.97 Å². The number of aromatic nitrogens is 2. The van der Waals surface area contributed by atoms with Gasteiger partial charge in [-0.05, 0) is 39.8 Å². The van der Waals surface area contributed by atoms with E-state index in [1.54, 1.807) is 0 Å². The normalized spacial score (nSPS) is 19.9. The van der Waals surface area contributed by atoms with Crippen LogP contribution in [0.1, 0.15) is 49.0 Å². The molecule has 2 fully saturated rings. The highest BCUT2D eigenvalue weighted by molar-refractivity contribution is 6.33. The van der Waals surface area contributed by atoms with Crippen molar-refractivity contribution in [2.75, 3.05) is 38.6 Å². The molecule has 0 radical (unpaired) electrons. The van der Waals surface area contributed by atoms with Crippen molar-refractivity contribution in [3.63, 3.8) is 0 Å². The Morgan fingerprint density at radius 1 is 1.29 bits per heavy atom. The monoisotopic (exact) mass is 351 g/mol. The highest BCUT2D eigenvalue weighted by atomic mass is 35.5. The van der Waals surface area contributed by atoms with E-state index in [-0.39, 0.29) is 17.1 Å². The molecule has 1 aromatic heterocycles. The van der Waals surface area contributed by atoms with Gasteiger partial charge in [0, 0.05) is 25.2 Å². The van der Waals surface area contributed by atoms with E-state index in [4.69, 9.17) is 11.6 Å². The Morgan fingerprint density at radius 3 is 2.58 bits per heavy atom. The average molecular weight is 352 g/mol. The molecule has 1 N–H and O–H groups in total. The van der Waals surface area contributed by atoms with Gasteiger partial charge in [0.25, 0.3) is 5.91 Å². The van der Waals surface area contributed by atoms with E-state index in [0.717, 1.165) is 38.8 Å². The van der Waals surface area contributed by atoms with Crippen LogP contribution < -0.4 is 10.2 Å². The number of carbonyl (C=O) groups excluding carboxylic acids is 1. The van der Waals surface area contributed by atoms with E-state index >= 15 is 0 Å². The third-order valence-corrected chi connectivity index (χ3v) is 5.67. The van der Waals surface area contributed by atoms with Crippen molar-refractivity contribution < 1.29 is 4.79 Å². The maximum atomic E-state index is 12.6. The van der Waals surface area contributed by atoms with Gasteiger partial charge in [-0.3, -0.25) is 4.79 Å². The van der Waals surface area contributed by atoms with Crippen LogP contribution in [0.15, 0.2) is 6.20 Å². The summed E-state index contributed by atoms with van der Waals surface area (Å²) in [6, 6.07) is 0. The molecule has 2 aliphatic rings. The zero-order valence-corrected chi connectivity index (χ0v) is 15.3. The first-order chi connectivity index (χ1) is 11.5. The first kappa shape index (κ1) is 17.4.